The molecule has 0 aliphatic rings. The lowest BCUT2D eigenvalue weighted by Crippen LogP contribution is -2.12. The second-order valence-corrected chi connectivity index (χ2v) is 5.09. The van der Waals surface area contributed by atoms with E-state index in [2.05, 4.69) is 4.98 Å². The lowest BCUT2D eigenvalue weighted by Gasteiger charge is -2.12. The first kappa shape index (κ1) is 14.3. The van der Waals surface area contributed by atoms with E-state index in [1.165, 1.54) is 0 Å². The molecule has 0 aliphatic heterocycles. The van der Waals surface area contributed by atoms with Crippen molar-refractivity contribution in [3.05, 3.63) is 95.7 Å². The van der Waals surface area contributed by atoms with E-state index in [0.717, 1.165) is 16.7 Å². The first-order chi connectivity index (χ1) is 10.8. The van der Waals surface area contributed by atoms with Gasteiger partial charge in [-0.15, -0.1) is 0 Å². The molecule has 0 amide bonds. The number of hydrogen-bond donors (Lipinski definition) is 1. The molecular weight excluding hydrogens is 272 g/mol. The predicted molar refractivity (Wildman–Crippen MR) is 87.5 cm³/mol. The van der Waals surface area contributed by atoms with Crippen LogP contribution in [0.3, 0.4) is 0 Å². The summed E-state index contributed by atoms with van der Waals surface area (Å²) in [5.74, 6) is 0.605. The third kappa shape index (κ3) is 3.51. The number of pyridine rings is 1. The van der Waals surface area contributed by atoms with Gasteiger partial charge in [-0.25, -0.2) is 4.98 Å². The van der Waals surface area contributed by atoms with Gasteiger partial charge in [0.25, 0.3) is 0 Å². The molecule has 22 heavy (non-hydrogen) atoms. The average Bonchev–Trinajstić information content (AvgIpc) is 2.61. The van der Waals surface area contributed by atoms with E-state index in [9.17, 15) is 0 Å². The second kappa shape index (κ2) is 6.87. The van der Waals surface area contributed by atoms with Crippen molar-refractivity contribution in [2.75, 3.05) is 0 Å². The number of ether oxygens (including phenoxy) is 1. The van der Waals surface area contributed by atoms with Crippen LogP contribution < -0.4 is 10.5 Å². The first-order valence-corrected chi connectivity index (χ1v) is 7.26. The van der Waals surface area contributed by atoms with Gasteiger partial charge in [0.2, 0.25) is 5.88 Å². The summed E-state index contributed by atoms with van der Waals surface area (Å²) in [6.45, 7) is 0.512. The molecule has 3 nitrogen and oxygen atoms in total. The van der Waals surface area contributed by atoms with Gasteiger partial charge in [-0.05, 0) is 16.7 Å². The fourth-order valence-corrected chi connectivity index (χ4v) is 2.25. The second-order valence-electron chi connectivity index (χ2n) is 5.09. The van der Waals surface area contributed by atoms with Crippen molar-refractivity contribution in [2.45, 2.75) is 12.6 Å². The molecule has 3 rings (SSSR count). The van der Waals surface area contributed by atoms with Crippen LogP contribution in [0.25, 0.3) is 0 Å². The lowest BCUT2D eigenvalue weighted by molar-refractivity contribution is 0.293. The van der Waals surface area contributed by atoms with Crippen LogP contribution in [0.1, 0.15) is 22.7 Å². The van der Waals surface area contributed by atoms with E-state index in [4.69, 9.17) is 10.5 Å². The van der Waals surface area contributed by atoms with Gasteiger partial charge in [0.05, 0.1) is 6.04 Å². The van der Waals surface area contributed by atoms with Gasteiger partial charge in [-0.1, -0.05) is 66.7 Å². The standard InChI is InChI=1S/C19H18N2O/c20-19(16-9-5-2-6-10-16)17-11-12-18(21-13-17)22-14-15-7-3-1-4-8-15/h1-13,19H,14,20H2/t19-/m0/s1. The van der Waals surface area contributed by atoms with Gasteiger partial charge in [-0.2, -0.15) is 0 Å². The molecule has 0 aliphatic carbocycles. The zero-order chi connectivity index (χ0) is 15.2. The van der Waals surface area contributed by atoms with Crippen LogP contribution in [0.4, 0.5) is 0 Å². The van der Waals surface area contributed by atoms with Gasteiger partial charge in [-0.3, -0.25) is 0 Å². The van der Waals surface area contributed by atoms with Crippen LogP contribution in [-0.2, 0) is 6.61 Å². The number of benzene rings is 2. The lowest BCUT2D eigenvalue weighted by atomic mass is 10.0. The van der Waals surface area contributed by atoms with Crippen molar-refractivity contribution in [3.8, 4) is 5.88 Å². The van der Waals surface area contributed by atoms with E-state index in [1.54, 1.807) is 6.20 Å². The maximum atomic E-state index is 6.25. The molecule has 2 aromatic carbocycles. The largest absolute Gasteiger partial charge is 0.473 e. The minimum absolute atomic E-state index is 0.170. The number of nitrogens with two attached hydrogens (primary N) is 1. The predicted octanol–water partition coefficient (Wildman–Crippen LogP) is 3.71. The summed E-state index contributed by atoms with van der Waals surface area (Å²) in [4.78, 5) is 4.34. The molecular formula is C19H18N2O. The van der Waals surface area contributed by atoms with Crippen molar-refractivity contribution < 1.29 is 4.74 Å². The molecule has 0 saturated heterocycles. The normalized spacial score (nSPS) is 11.9. The molecule has 110 valence electrons. The van der Waals surface area contributed by atoms with Crippen molar-refractivity contribution in [1.82, 2.24) is 4.98 Å². The maximum Gasteiger partial charge on any atom is 0.213 e. The van der Waals surface area contributed by atoms with Gasteiger partial charge in [0.15, 0.2) is 0 Å². The van der Waals surface area contributed by atoms with Crippen LogP contribution in [0.15, 0.2) is 79.0 Å². The van der Waals surface area contributed by atoms with Crippen LogP contribution >= 0.6 is 0 Å². The summed E-state index contributed by atoms with van der Waals surface area (Å²) in [6.07, 6.45) is 1.78. The zero-order valence-corrected chi connectivity index (χ0v) is 12.2. The van der Waals surface area contributed by atoms with Crippen LogP contribution in [-0.4, -0.2) is 4.98 Å². The maximum absolute atomic E-state index is 6.25. The van der Waals surface area contributed by atoms with E-state index in [1.807, 2.05) is 72.8 Å². The van der Waals surface area contributed by atoms with Gasteiger partial charge >= 0.3 is 0 Å². The van der Waals surface area contributed by atoms with E-state index in [-0.39, 0.29) is 6.04 Å². The summed E-state index contributed by atoms with van der Waals surface area (Å²) in [7, 11) is 0. The summed E-state index contributed by atoms with van der Waals surface area (Å²) in [5.41, 5.74) is 9.41. The third-order valence-corrected chi connectivity index (χ3v) is 3.51. The Labute approximate surface area is 130 Å². The number of hydrogen-bond acceptors (Lipinski definition) is 3. The fraction of sp³-hybridized carbons (Fsp3) is 0.105. The summed E-state index contributed by atoms with van der Waals surface area (Å²) in [6, 6.07) is 23.7. The van der Waals surface area contributed by atoms with Crippen molar-refractivity contribution in [2.24, 2.45) is 5.73 Å². The topological polar surface area (TPSA) is 48.1 Å². The Kier molecular flexibility index (Phi) is 4.47. The summed E-state index contributed by atoms with van der Waals surface area (Å²) < 4.78 is 5.68. The third-order valence-electron chi connectivity index (χ3n) is 3.51. The molecule has 0 saturated carbocycles. The molecule has 3 aromatic rings. The van der Waals surface area contributed by atoms with Crippen LogP contribution in [0.5, 0.6) is 5.88 Å². The molecule has 1 heterocycles. The van der Waals surface area contributed by atoms with E-state index < -0.39 is 0 Å². The number of nitrogens with zero attached hydrogens (tertiary/aromatic N) is 1. The number of aromatic nitrogens is 1. The molecule has 0 spiro atoms. The van der Waals surface area contributed by atoms with E-state index in [0.29, 0.717) is 12.5 Å². The van der Waals surface area contributed by atoms with Gasteiger partial charge in [0.1, 0.15) is 6.61 Å². The fourth-order valence-electron chi connectivity index (χ4n) is 2.25. The van der Waals surface area contributed by atoms with Crippen molar-refractivity contribution >= 4 is 0 Å². The summed E-state index contributed by atoms with van der Waals surface area (Å²) in [5, 5.41) is 0. The monoisotopic (exact) mass is 290 g/mol. The molecule has 0 unspecified atom stereocenters. The van der Waals surface area contributed by atoms with Gasteiger partial charge in [0, 0.05) is 12.3 Å². The molecule has 0 fully saturated rings. The molecule has 1 atom stereocenters. The zero-order valence-electron chi connectivity index (χ0n) is 12.2. The van der Waals surface area contributed by atoms with Crippen LogP contribution in [0.2, 0.25) is 0 Å². The Morgan fingerprint density at radius 1 is 0.818 bits per heavy atom. The smallest absolute Gasteiger partial charge is 0.213 e. The molecule has 0 bridgehead atoms. The highest BCUT2D eigenvalue weighted by Crippen LogP contribution is 2.20. The quantitative estimate of drug-likeness (QED) is 0.779. The average molecular weight is 290 g/mol. The highest BCUT2D eigenvalue weighted by atomic mass is 16.5. The highest BCUT2D eigenvalue weighted by Gasteiger charge is 2.09. The van der Waals surface area contributed by atoms with Crippen molar-refractivity contribution in [1.29, 1.82) is 0 Å². The molecule has 2 N–H and O–H groups in total. The summed E-state index contributed by atoms with van der Waals surface area (Å²) >= 11 is 0. The molecule has 3 heteroatoms. The minimum atomic E-state index is -0.170. The Morgan fingerprint density at radius 2 is 1.50 bits per heavy atom. The first-order valence-electron chi connectivity index (χ1n) is 7.26. The Morgan fingerprint density at radius 3 is 2.14 bits per heavy atom. The Balaban J connectivity index is 1.65. The number of rotatable bonds is 5. The molecule has 1 aromatic heterocycles. The van der Waals surface area contributed by atoms with Crippen molar-refractivity contribution in [3.63, 3.8) is 0 Å². The van der Waals surface area contributed by atoms with Crippen LogP contribution in [0, 0.1) is 0 Å². The molecule has 0 radical (unpaired) electrons. The highest BCUT2D eigenvalue weighted by molar-refractivity contribution is 5.31. The van der Waals surface area contributed by atoms with E-state index >= 15 is 0 Å². The SMILES string of the molecule is N[C@@H](c1ccccc1)c1ccc(OCc2ccccc2)nc1. The minimum Gasteiger partial charge on any atom is -0.473 e. The van der Waals surface area contributed by atoms with Gasteiger partial charge < -0.3 is 10.5 Å². The Bertz CT molecular complexity index is 697. The Hall–Kier alpha value is -2.65.